The first-order valence-electron chi connectivity index (χ1n) is 9.79. The van der Waals surface area contributed by atoms with Gasteiger partial charge in [0.25, 0.3) is 5.89 Å². The van der Waals surface area contributed by atoms with Crippen molar-refractivity contribution in [2.24, 2.45) is 0 Å². The van der Waals surface area contributed by atoms with Crippen LogP contribution in [0, 0.1) is 0 Å². The molecule has 1 aromatic carbocycles. The minimum Gasteiger partial charge on any atom is -0.378 e. The first kappa shape index (κ1) is 18.0. The zero-order chi connectivity index (χ0) is 18.6. The fourth-order valence-electron chi connectivity index (χ4n) is 3.77. The lowest BCUT2D eigenvalue weighted by atomic mass is 9.96. The number of rotatable bonds is 4. The molecule has 4 rings (SSSR count). The SMILES string of the molecule is CCC(=O)N1CCC(c2noc(-c3ccc(N4CCOCC4)cc3)n2)CC1. The Kier molecular flexibility index (Phi) is 5.38. The number of amides is 1. The van der Waals surface area contributed by atoms with Crippen LogP contribution in [-0.4, -0.2) is 60.3 Å². The summed E-state index contributed by atoms with van der Waals surface area (Å²) < 4.78 is 10.9. The van der Waals surface area contributed by atoms with E-state index in [1.54, 1.807) is 0 Å². The molecule has 0 spiro atoms. The summed E-state index contributed by atoms with van der Waals surface area (Å²) in [4.78, 5) is 20.7. The number of hydrogen-bond acceptors (Lipinski definition) is 6. The van der Waals surface area contributed by atoms with E-state index in [1.165, 1.54) is 5.69 Å². The molecule has 0 aliphatic carbocycles. The van der Waals surface area contributed by atoms with Crippen molar-refractivity contribution >= 4 is 11.6 Å². The number of nitrogens with zero attached hydrogens (tertiary/aromatic N) is 4. The summed E-state index contributed by atoms with van der Waals surface area (Å²) in [7, 11) is 0. The van der Waals surface area contributed by atoms with Crippen LogP contribution in [0.5, 0.6) is 0 Å². The molecular formula is C20H26N4O3. The first-order valence-corrected chi connectivity index (χ1v) is 9.79. The summed E-state index contributed by atoms with van der Waals surface area (Å²) >= 11 is 0. The number of carbonyl (C=O) groups excluding carboxylic acids is 1. The molecule has 2 aliphatic heterocycles. The molecule has 0 N–H and O–H groups in total. The molecule has 2 saturated heterocycles. The number of piperidine rings is 1. The number of carbonyl (C=O) groups is 1. The second-order valence-electron chi connectivity index (χ2n) is 7.11. The van der Waals surface area contributed by atoms with E-state index in [-0.39, 0.29) is 11.8 Å². The van der Waals surface area contributed by atoms with Gasteiger partial charge in [0.2, 0.25) is 5.91 Å². The minimum atomic E-state index is 0.225. The smallest absolute Gasteiger partial charge is 0.257 e. The van der Waals surface area contributed by atoms with Gasteiger partial charge in [0.15, 0.2) is 5.82 Å². The van der Waals surface area contributed by atoms with Crippen molar-refractivity contribution in [3.8, 4) is 11.5 Å². The van der Waals surface area contributed by atoms with Gasteiger partial charge in [-0.2, -0.15) is 4.98 Å². The van der Waals surface area contributed by atoms with Crippen LogP contribution in [-0.2, 0) is 9.53 Å². The predicted molar refractivity (Wildman–Crippen MR) is 102 cm³/mol. The minimum absolute atomic E-state index is 0.225. The summed E-state index contributed by atoms with van der Waals surface area (Å²) in [5.74, 6) is 1.80. The summed E-state index contributed by atoms with van der Waals surface area (Å²) in [5, 5.41) is 4.20. The quantitative estimate of drug-likeness (QED) is 0.824. The number of aromatic nitrogens is 2. The molecule has 0 unspecified atom stereocenters. The summed E-state index contributed by atoms with van der Waals surface area (Å²) in [6.45, 7) is 6.84. The van der Waals surface area contributed by atoms with Crippen molar-refractivity contribution in [3.63, 3.8) is 0 Å². The molecule has 1 amide bonds. The van der Waals surface area contributed by atoms with Crippen LogP contribution in [0.3, 0.4) is 0 Å². The molecule has 0 bridgehead atoms. The molecule has 2 fully saturated rings. The second kappa shape index (κ2) is 8.08. The molecule has 0 radical (unpaired) electrons. The van der Waals surface area contributed by atoms with Crippen LogP contribution in [0.25, 0.3) is 11.5 Å². The molecule has 1 aromatic heterocycles. The highest BCUT2D eigenvalue weighted by Gasteiger charge is 2.26. The van der Waals surface area contributed by atoms with Gasteiger partial charge in [-0.3, -0.25) is 4.79 Å². The third kappa shape index (κ3) is 3.98. The Morgan fingerprint density at radius 1 is 1.11 bits per heavy atom. The fourth-order valence-corrected chi connectivity index (χ4v) is 3.77. The lowest BCUT2D eigenvalue weighted by Gasteiger charge is -2.30. The van der Waals surface area contributed by atoms with E-state index >= 15 is 0 Å². The van der Waals surface area contributed by atoms with Crippen LogP contribution in [0.4, 0.5) is 5.69 Å². The largest absolute Gasteiger partial charge is 0.378 e. The highest BCUT2D eigenvalue weighted by Crippen LogP contribution is 2.29. The maximum atomic E-state index is 11.8. The van der Waals surface area contributed by atoms with Crippen molar-refractivity contribution in [1.29, 1.82) is 0 Å². The summed E-state index contributed by atoms with van der Waals surface area (Å²) in [6.07, 6.45) is 2.35. The fraction of sp³-hybridized carbons (Fsp3) is 0.550. The van der Waals surface area contributed by atoms with Crippen molar-refractivity contribution in [1.82, 2.24) is 15.0 Å². The number of ether oxygens (including phenoxy) is 1. The molecule has 27 heavy (non-hydrogen) atoms. The molecule has 2 aliphatic rings. The van der Waals surface area contributed by atoms with E-state index in [9.17, 15) is 4.79 Å². The molecule has 2 aromatic rings. The Bertz CT molecular complexity index is 760. The van der Waals surface area contributed by atoms with Crippen LogP contribution in [0.1, 0.15) is 37.9 Å². The summed E-state index contributed by atoms with van der Waals surface area (Å²) in [6, 6.07) is 8.26. The van der Waals surface area contributed by atoms with Gasteiger partial charge in [0.1, 0.15) is 0 Å². The van der Waals surface area contributed by atoms with Gasteiger partial charge < -0.3 is 19.1 Å². The second-order valence-corrected chi connectivity index (χ2v) is 7.11. The van der Waals surface area contributed by atoms with Crippen molar-refractivity contribution < 1.29 is 14.1 Å². The normalized spacial score (nSPS) is 18.7. The molecule has 144 valence electrons. The van der Waals surface area contributed by atoms with Gasteiger partial charge >= 0.3 is 0 Å². The Morgan fingerprint density at radius 3 is 2.48 bits per heavy atom. The zero-order valence-corrected chi connectivity index (χ0v) is 15.8. The van der Waals surface area contributed by atoms with Crippen LogP contribution in [0.2, 0.25) is 0 Å². The summed E-state index contributed by atoms with van der Waals surface area (Å²) in [5.41, 5.74) is 2.12. The number of likely N-dealkylation sites (tertiary alicyclic amines) is 1. The molecule has 0 saturated carbocycles. The zero-order valence-electron chi connectivity index (χ0n) is 15.8. The molecule has 3 heterocycles. The predicted octanol–water partition coefficient (Wildman–Crippen LogP) is 2.69. The van der Waals surface area contributed by atoms with Gasteiger partial charge in [-0.15, -0.1) is 0 Å². The van der Waals surface area contributed by atoms with Gasteiger partial charge in [0, 0.05) is 49.8 Å². The lowest BCUT2D eigenvalue weighted by Crippen LogP contribution is -2.37. The highest BCUT2D eigenvalue weighted by molar-refractivity contribution is 5.75. The Balaban J connectivity index is 1.40. The third-order valence-corrected chi connectivity index (χ3v) is 5.45. The first-order chi connectivity index (χ1) is 13.2. The van der Waals surface area contributed by atoms with E-state index in [0.29, 0.717) is 12.3 Å². The number of hydrogen-bond donors (Lipinski definition) is 0. The van der Waals surface area contributed by atoms with Gasteiger partial charge in [0.05, 0.1) is 13.2 Å². The lowest BCUT2D eigenvalue weighted by molar-refractivity contribution is -0.131. The highest BCUT2D eigenvalue weighted by atomic mass is 16.5. The van der Waals surface area contributed by atoms with E-state index in [2.05, 4.69) is 27.2 Å². The maximum Gasteiger partial charge on any atom is 0.257 e. The van der Waals surface area contributed by atoms with Crippen LogP contribution >= 0.6 is 0 Å². The average molecular weight is 370 g/mol. The Morgan fingerprint density at radius 2 is 1.81 bits per heavy atom. The average Bonchev–Trinajstić information content (AvgIpc) is 3.24. The van der Waals surface area contributed by atoms with Crippen molar-refractivity contribution in [3.05, 3.63) is 30.1 Å². The Hall–Kier alpha value is -2.41. The third-order valence-electron chi connectivity index (χ3n) is 5.45. The number of morpholine rings is 1. The van der Waals surface area contributed by atoms with E-state index in [0.717, 1.165) is 63.6 Å². The van der Waals surface area contributed by atoms with Crippen molar-refractivity contribution in [2.75, 3.05) is 44.3 Å². The monoisotopic (exact) mass is 370 g/mol. The van der Waals surface area contributed by atoms with Crippen molar-refractivity contribution in [2.45, 2.75) is 32.1 Å². The topological polar surface area (TPSA) is 71.7 Å². The number of anilines is 1. The van der Waals surface area contributed by atoms with Gasteiger partial charge in [-0.05, 0) is 37.1 Å². The number of benzene rings is 1. The Labute approximate surface area is 159 Å². The van der Waals surface area contributed by atoms with E-state index < -0.39 is 0 Å². The molecular weight excluding hydrogens is 344 g/mol. The van der Waals surface area contributed by atoms with Crippen LogP contribution in [0.15, 0.2) is 28.8 Å². The standard InChI is InChI=1S/C20H26N4O3/c1-2-18(25)24-9-7-15(8-10-24)19-21-20(27-22-19)16-3-5-17(6-4-16)23-11-13-26-14-12-23/h3-6,15H,2,7-14H2,1H3. The van der Waals surface area contributed by atoms with E-state index in [1.807, 2.05) is 24.0 Å². The molecule has 7 heteroatoms. The molecule has 0 atom stereocenters. The molecule has 7 nitrogen and oxygen atoms in total. The maximum absolute atomic E-state index is 11.8. The van der Waals surface area contributed by atoms with Gasteiger partial charge in [-0.1, -0.05) is 12.1 Å². The van der Waals surface area contributed by atoms with Gasteiger partial charge in [-0.25, -0.2) is 0 Å². The van der Waals surface area contributed by atoms with E-state index in [4.69, 9.17) is 9.26 Å². The van der Waals surface area contributed by atoms with Crippen LogP contribution < -0.4 is 4.90 Å².